The normalized spacial score (nSPS) is 17.6. The van der Waals surface area contributed by atoms with Crippen molar-refractivity contribution < 1.29 is 37.8 Å². The SMILES string of the molecule is CC(C(=O)NC(CCCCN)C(=O)NC(Cc1ccccc1)C(=O)C(N)(CCCCN)C(=O)O)[N+]1(SCCN)C(=O)CCC1=O. The van der Waals surface area contributed by atoms with Crippen molar-refractivity contribution in [2.24, 2.45) is 22.9 Å². The minimum Gasteiger partial charge on any atom is -0.480 e. The van der Waals surface area contributed by atoms with Gasteiger partial charge in [0.15, 0.2) is 17.4 Å². The molecule has 1 aliphatic heterocycles. The van der Waals surface area contributed by atoms with Gasteiger partial charge in [-0.2, -0.15) is 0 Å². The van der Waals surface area contributed by atoms with Gasteiger partial charge in [-0.1, -0.05) is 30.3 Å². The number of nitrogens with one attached hydrogen (secondary N) is 2. The summed E-state index contributed by atoms with van der Waals surface area (Å²) in [4.78, 5) is 79.3. The fourth-order valence-corrected chi connectivity index (χ4v) is 6.50. The van der Waals surface area contributed by atoms with E-state index < -0.39 is 62.9 Å². The summed E-state index contributed by atoms with van der Waals surface area (Å²) in [6.45, 7) is 2.27. The van der Waals surface area contributed by atoms with E-state index in [4.69, 9.17) is 22.9 Å². The van der Waals surface area contributed by atoms with E-state index in [0.29, 0.717) is 37.9 Å². The average Bonchev–Trinajstić information content (AvgIpc) is 3.31. The zero-order chi connectivity index (χ0) is 33.6. The molecule has 4 atom stereocenters. The summed E-state index contributed by atoms with van der Waals surface area (Å²) in [5.74, 6) is -4.43. The molecule has 1 aromatic carbocycles. The predicted molar refractivity (Wildman–Crippen MR) is 170 cm³/mol. The maximum absolute atomic E-state index is 13.8. The Morgan fingerprint density at radius 2 is 1.47 bits per heavy atom. The average molecular weight is 651 g/mol. The van der Waals surface area contributed by atoms with Gasteiger partial charge in [-0.3, -0.25) is 14.4 Å². The van der Waals surface area contributed by atoms with Gasteiger partial charge in [0.1, 0.15) is 6.04 Å². The monoisotopic (exact) mass is 650 g/mol. The fourth-order valence-electron chi connectivity index (χ4n) is 5.31. The van der Waals surface area contributed by atoms with E-state index in [1.807, 2.05) is 0 Å². The first-order chi connectivity index (χ1) is 21.4. The van der Waals surface area contributed by atoms with Gasteiger partial charge in [0.05, 0.1) is 36.6 Å². The molecule has 14 nitrogen and oxygen atoms in total. The molecule has 0 aliphatic carbocycles. The minimum absolute atomic E-state index is 0.00653. The third kappa shape index (κ3) is 9.64. The van der Waals surface area contributed by atoms with Crippen LogP contribution in [0, 0.1) is 0 Å². The quantitative estimate of drug-likeness (QED) is 0.0291. The first-order valence-electron chi connectivity index (χ1n) is 15.3. The van der Waals surface area contributed by atoms with Gasteiger partial charge in [-0.05, 0) is 70.5 Å². The summed E-state index contributed by atoms with van der Waals surface area (Å²) in [5.41, 5.74) is 21.4. The molecule has 2 rings (SSSR count). The summed E-state index contributed by atoms with van der Waals surface area (Å²) in [6.07, 6.45) is 1.61. The number of aliphatic carboxylic acids is 1. The smallest absolute Gasteiger partial charge is 0.333 e. The Labute approximate surface area is 268 Å². The third-order valence-electron chi connectivity index (χ3n) is 7.97. The van der Waals surface area contributed by atoms with Crippen LogP contribution in [0.25, 0.3) is 0 Å². The van der Waals surface area contributed by atoms with Crippen molar-refractivity contribution >= 4 is 47.3 Å². The third-order valence-corrected chi connectivity index (χ3v) is 9.52. The number of rotatable bonds is 21. The molecule has 1 saturated heterocycles. The van der Waals surface area contributed by atoms with Crippen LogP contribution in [0.1, 0.15) is 63.9 Å². The molecule has 0 aromatic heterocycles. The van der Waals surface area contributed by atoms with Crippen LogP contribution in [0.3, 0.4) is 0 Å². The highest BCUT2D eigenvalue weighted by Gasteiger charge is 2.57. The molecule has 4 unspecified atom stereocenters. The Kier molecular flexibility index (Phi) is 15.2. The molecule has 1 heterocycles. The van der Waals surface area contributed by atoms with E-state index in [0.717, 1.165) is 11.9 Å². The van der Waals surface area contributed by atoms with Crippen molar-refractivity contribution in [1.29, 1.82) is 0 Å². The summed E-state index contributed by atoms with van der Waals surface area (Å²) in [7, 11) is 0. The van der Waals surface area contributed by atoms with Gasteiger partial charge in [-0.25, -0.2) is 14.4 Å². The lowest BCUT2D eigenvalue weighted by molar-refractivity contribution is -0.648. The van der Waals surface area contributed by atoms with Crippen LogP contribution in [0.2, 0.25) is 0 Å². The van der Waals surface area contributed by atoms with Crippen molar-refractivity contribution in [3.63, 3.8) is 0 Å². The molecule has 0 saturated carbocycles. The van der Waals surface area contributed by atoms with Crippen molar-refractivity contribution in [3.8, 4) is 0 Å². The molecule has 0 bridgehead atoms. The second-order valence-electron chi connectivity index (χ2n) is 11.2. The Morgan fingerprint density at radius 1 is 0.889 bits per heavy atom. The van der Waals surface area contributed by atoms with Crippen LogP contribution in [-0.2, 0) is 35.2 Å². The standard InChI is InChI=1S/C30H47N7O7S/c1-20(37(45-18-17-33)24(38)12-13-25(37)39)27(41)35-22(11-5-7-15-31)28(42)36-23(19-21-9-3-2-4-10-21)26(40)30(34,29(43)44)14-6-8-16-32/h2-4,9-10,20,22-23H,5-8,11-19,31-34H2,1H3,(H2-,35,36,41,42,43,44)/p+1. The number of amides is 4. The Hall–Kier alpha value is -3.21. The molecule has 1 fully saturated rings. The van der Waals surface area contributed by atoms with Crippen LogP contribution in [-0.4, -0.2) is 93.4 Å². The van der Waals surface area contributed by atoms with E-state index in [2.05, 4.69) is 10.6 Å². The molecule has 11 N–H and O–H groups in total. The molecule has 0 spiro atoms. The Balaban J connectivity index is 2.40. The molecule has 4 amide bonds. The highest BCUT2D eigenvalue weighted by molar-refractivity contribution is 7.94. The lowest BCUT2D eigenvalue weighted by Crippen LogP contribution is -2.64. The van der Waals surface area contributed by atoms with Gasteiger partial charge < -0.3 is 38.7 Å². The number of carbonyl (C=O) groups is 6. The first kappa shape index (κ1) is 38.0. The summed E-state index contributed by atoms with van der Waals surface area (Å²) < 4.78 is -0.758. The molecule has 0 radical (unpaired) electrons. The lowest BCUT2D eigenvalue weighted by atomic mass is 9.83. The molecule has 45 heavy (non-hydrogen) atoms. The highest BCUT2D eigenvalue weighted by Crippen LogP contribution is 2.36. The lowest BCUT2D eigenvalue weighted by Gasteiger charge is -2.33. The minimum atomic E-state index is -2.29. The Morgan fingerprint density at radius 3 is 2.02 bits per heavy atom. The molecule has 1 aromatic rings. The molecule has 1 aliphatic rings. The highest BCUT2D eigenvalue weighted by atomic mass is 32.2. The van der Waals surface area contributed by atoms with E-state index in [1.54, 1.807) is 30.3 Å². The predicted octanol–water partition coefficient (Wildman–Crippen LogP) is -0.533. The number of likely N-dealkylation sites (tertiary alicyclic amines) is 1. The second kappa shape index (κ2) is 18.1. The van der Waals surface area contributed by atoms with Crippen molar-refractivity contribution in [2.45, 2.75) is 88.4 Å². The van der Waals surface area contributed by atoms with Gasteiger partial charge in [-0.15, -0.1) is 3.89 Å². The number of Topliss-reactive ketones (excluding diaryl/α,β-unsaturated/α-hetero) is 1. The van der Waals surface area contributed by atoms with Crippen LogP contribution < -0.4 is 33.6 Å². The van der Waals surface area contributed by atoms with Gasteiger partial charge in [0.25, 0.3) is 5.91 Å². The summed E-state index contributed by atoms with van der Waals surface area (Å²) in [5, 5.41) is 15.3. The number of nitrogens with zero attached hydrogens (tertiary/aromatic N) is 1. The number of imide groups is 1. The van der Waals surface area contributed by atoms with Crippen LogP contribution >= 0.6 is 11.9 Å². The number of carboxylic acid groups (broad SMARTS) is 1. The number of hydrogen-bond acceptors (Lipinski definition) is 11. The number of unbranched alkanes of at least 4 members (excludes halogenated alkanes) is 2. The molecule has 15 heteroatoms. The number of ketones is 1. The summed E-state index contributed by atoms with van der Waals surface area (Å²) >= 11 is 0.984. The number of hydrogen-bond donors (Lipinski definition) is 7. The first-order valence-corrected chi connectivity index (χ1v) is 16.2. The molecular weight excluding hydrogens is 602 g/mol. The number of carboxylic acids is 1. The number of benzene rings is 1. The second-order valence-corrected chi connectivity index (χ2v) is 12.5. The zero-order valence-electron chi connectivity index (χ0n) is 25.9. The number of quaternary nitrogens is 1. The van der Waals surface area contributed by atoms with Crippen LogP contribution in [0.5, 0.6) is 0 Å². The van der Waals surface area contributed by atoms with E-state index in [1.165, 1.54) is 6.92 Å². The number of nitrogens with two attached hydrogens (primary N) is 4. The van der Waals surface area contributed by atoms with Crippen molar-refractivity contribution in [3.05, 3.63) is 35.9 Å². The molecule has 250 valence electrons. The maximum Gasteiger partial charge on any atom is 0.333 e. The van der Waals surface area contributed by atoms with Gasteiger partial charge in [0.2, 0.25) is 5.91 Å². The fraction of sp³-hybridized carbons (Fsp3) is 0.600. The summed E-state index contributed by atoms with van der Waals surface area (Å²) in [6, 6.07) is 5.03. The number of carbonyl (C=O) groups excluding carboxylic acids is 5. The van der Waals surface area contributed by atoms with Crippen LogP contribution in [0.15, 0.2) is 30.3 Å². The van der Waals surface area contributed by atoms with Crippen molar-refractivity contribution in [1.82, 2.24) is 10.6 Å². The van der Waals surface area contributed by atoms with Crippen molar-refractivity contribution in [2.75, 3.05) is 25.4 Å². The largest absolute Gasteiger partial charge is 0.480 e. The van der Waals surface area contributed by atoms with Gasteiger partial charge in [0, 0.05) is 6.54 Å². The van der Waals surface area contributed by atoms with E-state index >= 15 is 0 Å². The van der Waals surface area contributed by atoms with Crippen LogP contribution in [0.4, 0.5) is 0 Å². The maximum atomic E-state index is 13.8. The zero-order valence-corrected chi connectivity index (χ0v) is 26.7. The van der Waals surface area contributed by atoms with E-state index in [-0.39, 0.29) is 50.8 Å². The Bertz CT molecular complexity index is 1190. The topological polar surface area (TPSA) is 251 Å². The van der Waals surface area contributed by atoms with Gasteiger partial charge >= 0.3 is 17.8 Å². The molecular formula is C30H48N7O7S+. The van der Waals surface area contributed by atoms with E-state index in [9.17, 15) is 33.9 Å².